The lowest BCUT2D eigenvalue weighted by atomic mass is 9.84. The number of rotatable bonds is 3. The maximum Gasteiger partial charge on any atom is 0.0635 e. The molecule has 3 atom stereocenters. The third-order valence-corrected chi connectivity index (χ3v) is 4.09. The Morgan fingerprint density at radius 2 is 2.00 bits per heavy atom. The molecule has 2 nitrogen and oxygen atoms in total. The molecule has 1 fully saturated rings. The third-order valence-electron chi connectivity index (χ3n) is 4.09. The quantitative estimate of drug-likeness (QED) is 0.745. The summed E-state index contributed by atoms with van der Waals surface area (Å²) in [6, 6.07) is 11.1. The molecule has 0 amide bonds. The van der Waals surface area contributed by atoms with Crippen LogP contribution in [0.2, 0.25) is 0 Å². The van der Waals surface area contributed by atoms with Crippen molar-refractivity contribution in [3.63, 3.8) is 0 Å². The first-order valence-corrected chi connectivity index (χ1v) is 6.91. The van der Waals surface area contributed by atoms with E-state index in [1.165, 1.54) is 18.5 Å². The van der Waals surface area contributed by atoms with Gasteiger partial charge in [0.25, 0.3) is 0 Å². The summed E-state index contributed by atoms with van der Waals surface area (Å²) in [5.74, 6) is 1.35. The van der Waals surface area contributed by atoms with Crippen molar-refractivity contribution in [2.45, 2.75) is 32.9 Å². The van der Waals surface area contributed by atoms with Gasteiger partial charge in [-0.15, -0.1) is 0 Å². The Hall–Kier alpha value is -1.15. The van der Waals surface area contributed by atoms with Crippen LogP contribution in [0.4, 0.5) is 0 Å². The predicted octanol–water partition coefficient (Wildman–Crippen LogP) is 3.23. The van der Waals surface area contributed by atoms with Crippen molar-refractivity contribution in [1.29, 1.82) is 0 Å². The Balaban J connectivity index is 1.89. The van der Waals surface area contributed by atoms with E-state index in [2.05, 4.69) is 61.3 Å². The van der Waals surface area contributed by atoms with E-state index < -0.39 is 0 Å². The Morgan fingerprint density at radius 1 is 1.28 bits per heavy atom. The van der Waals surface area contributed by atoms with E-state index in [1.54, 1.807) is 0 Å². The number of hydrogen-bond donors (Lipinski definition) is 0. The number of piperidine rings is 1. The number of nitrogens with zero attached hydrogens (tertiary/aromatic N) is 2. The van der Waals surface area contributed by atoms with E-state index in [9.17, 15) is 0 Å². The topological polar surface area (TPSA) is 15.6 Å². The average molecular weight is 244 g/mol. The van der Waals surface area contributed by atoms with Gasteiger partial charge in [-0.05, 0) is 37.8 Å². The van der Waals surface area contributed by atoms with Crippen LogP contribution < -0.4 is 0 Å². The zero-order valence-electron chi connectivity index (χ0n) is 11.7. The lowest BCUT2D eigenvalue weighted by Crippen LogP contribution is -2.43. The molecule has 0 spiro atoms. The lowest BCUT2D eigenvalue weighted by molar-refractivity contribution is 0.134. The van der Waals surface area contributed by atoms with Gasteiger partial charge in [0.2, 0.25) is 0 Å². The minimum atomic E-state index is 0.639. The summed E-state index contributed by atoms with van der Waals surface area (Å²) in [6.45, 7) is 6.64. The lowest BCUT2D eigenvalue weighted by Gasteiger charge is -2.38. The van der Waals surface area contributed by atoms with Crippen LogP contribution in [0.1, 0.15) is 25.8 Å². The highest BCUT2D eigenvalue weighted by atomic mass is 15.1. The van der Waals surface area contributed by atoms with Crippen molar-refractivity contribution < 1.29 is 0 Å². The van der Waals surface area contributed by atoms with Gasteiger partial charge in [-0.25, -0.2) is 0 Å². The molecular formula is C16H24N2. The molecule has 0 bridgehead atoms. The van der Waals surface area contributed by atoms with Gasteiger partial charge in [0.1, 0.15) is 0 Å². The van der Waals surface area contributed by atoms with Gasteiger partial charge in [-0.3, -0.25) is 4.99 Å². The van der Waals surface area contributed by atoms with Crippen molar-refractivity contribution >= 4 is 6.21 Å². The van der Waals surface area contributed by atoms with Gasteiger partial charge in [0.05, 0.1) is 6.54 Å². The maximum absolute atomic E-state index is 4.63. The Labute approximate surface area is 111 Å². The zero-order chi connectivity index (χ0) is 13.0. The molecule has 0 N–H and O–H groups in total. The van der Waals surface area contributed by atoms with E-state index >= 15 is 0 Å². The smallest absolute Gasteiger partial charge is 0.0635 e. The second-order valence-corrected chi connectivity index (χ2v) is 5.64. The van der Waals surface area contributed by atoms with Gasteiger partial charge in [0, 0.05) is 18.8 Å². The van der Waals surface area contributed by atoms with E-state index in [-0.39, 0.29) is 0 Å². The van der Waals surface area contributed by atoms with Crippen LogP contribution in [0, 0.1) is 11.8 Å². The molecule has 1 saturated heterocycles. The summed E-state index contributed by atoms with van der Waals surface area (Å²) < 4.78 is 0. The van der Waals surface area contributed by atoms with Crippen LogP contribution in [-0.4, -0.2) is 30.7 Å². The van der Waals surface area contributed by atoms with Crippen molar-refractivity contribution in [2.24, 2.45) is 16.8 Å². The van der Waals surface area contributed by atoms with Gasteiger partial charge in [0.15, 0.2) is 0 Å². The highest BCUT2D eigenvalue weighted by molar-refractivity contribution is 5.61. The summed E-state index contributed by atoms with van der Waals surface area (Å²) in [5.41, 5.74) is 1.29. The first kappa shape index (κ1) is 13.3. The molecule has 1 aromatic carbocycles. The average Bonchev–Trinajstić information content (AvgIpc) is 2.37. The molecule has 0 aliphatic carbocycles. The summed E-state index contributed by atoms with van der Waals surface area (Å²) in [7, 11) is 2.22. The Kier molecular flexibility index (Phi) is 4.54. The maximum atomic E-state index is 4.63. The number of benzene rings is 1. The largest absolute Gasteiger partial charge is 0.303 e. The van der Waals surface area contributed by atoms with Crippen molar-refractivity contribution in [1.82, 2.24) is 4.90 Å². The van der Waals surface area contributed by atoms with E-state index in [0.29, 0.717) is 17.9 Å². The van der Waals surface area contributed by atoms with Crippen molar-refractivity contribution in [2.75, 3.05) is 13.6 Å². The predicted molar refractivity (Wildman–Crippen MR) is 78.0 cm³/mol. The first-order valence-electron chi connectivity index (χ1n) is 6.91. The minimum absolute atomic E-state index is 0.639. The molecule has 98 valence electrons. The second-order valence-electron chi connectivity index (χ2n) is 5.64. The Bertz CT molecular complexity index is 385. The molecule has 0 saturated carbocycles. The summed E-state index contributed by atoms with van der Waals surface area (Å²) in [6.07, 6.45) is 3.43. The molecule has 1 heterocycles. The van der Waals surface area contributed by atoms with Crippen LogP contribution in [0.3, 0.4) is 0 Å². The highest BCUT2D eigenvalue weighted by Crippen LogP contribution is 2.25. The van der Waals surface area contributed by atoms with Crippen LogP contribution in [0.5, 0.6) is 0 Å². The number of hydrogen-bond acceptors (Lipinski definition) is 2. The van der Waals surface area contributed by atoms with Crippen molar-refractivity contribution in [3.05, 3.63) is 35.9 Å². The van der Waals surface area contributed by atoms with Crippen LogP contribution in [0.25, 0.3) is 0 Å². The van der Waals surface area contributed by atoms with E-state index in [0.717, 1.165) is 6.54 Å². The van der Waals surface area contributed by atoms with Gasteiger partial charge < -0.3 is 4.90 Å². The molecule has 0 radical (unpaired) electrons. The fraction of sp³-hybridized carbons (Fsp3) is 0.562. The van der Waals surface area contributed by atoms with Crippen LogP contribution in [0.15, 0.2) is 35.3 Å². The molecule has 3 unspecified atom stereocenters. The molecule has 18 heavy (non-hydrogen) atoms. The number of likely N-dealkylation sites (tertiary alicyclic amines) is 1. The number of aliphatic imine (C=N–C) groups is 1. The summed E-state index contributed by atoms with van der Waals surface area (Å²) >= 11 is 0. The fourth-order valence-electron chi connectivity index (χ4n) is 2.66. The Morgan fingerprint density at radius 3 is 2.72 bits per heavy atom. The van der Waals surface area contributed by atoms with Gasteiger partial charge >= 0.3 is 0 Å². The second kappa shape index (κ2) is 6.14. The molecular weight excluding hydrogens is 220 g/mol. The zero-order valence-corrected chi connectivity index (χ0v) is 11.7. The third kappa shape index (κ3) is 3.42. The van der Waals surface area contributed by atoms with E-state index in [4.69, 9.17) is 0 Å². The normalized spacial score (nSPS) is 29.8. The fourth-order valence-corrected chi connectivity index (χ4v) is 2.66. The molecule has 1 aromatic rings. The first-order chi connectivity index (χ1) is 8.66. The summed E-state index contributed by atoms with van der Waals surface area (Å²) in [4.78, 5) is 7.08. The van der Waals surface area contributed by atoms with Crippen LogP contribution >= 0.6 is 0 Å². The van der Waals surface area contributed by atoms with Crippen molar-refractivity contribution in [3.8, 4) is 0 Å². The van der Waals surface area contributed by atoms with Gasteiger partial charge in [-0.2, -0.15) is 0 Å². The van der Waals surface area contributed by atoms with Crippen LogP contribution in [-0.2, 0) is 6.54 Å². The standard InChI is InChI=1S/C16H24N2/c1-13-12-18(3)14(2)9-16(13)11-17-10-15-7-5-4-6-8-15/h4-8,11,13-14,16H,9-10,12H2,1-3H3. The monoisotopic (exact) mass is 244 g/mol. The molecule has 1 aliphatic heterocycles. The molecule has 1 aliphatic rings. The highest BCUT2D eigenvalue weighted by Gasteiger charge is 2.27. The molecule has 0 aromatic heterocycles. The molecule has 2 rings (SSSR count). The minimum Gasteiger partial charge on any atom is -0.303 e. The SMILES string of the molecule is CC1CN(C)C(C)CC1C=NCc1ccccc1. The summed E-state index contributed by atoms with van der Waals surface area (Å²) in [5, 5.41) is 0. The van der Waals surface area contributed by atoms with E-state index in [1.807, 2.05) is 6.07 Å². The molecule has 2 heteroatoms. The van der Waals surface area contributed by atoms with Gasteiger partial charge in [-0.1, -0.05) is 37.3 Å².